The summed E-state index contributed by atoms with van der Waals surface area (Å²) in [6.07, 6.45) is -2.00. The molecule has 0 saturated heterocycles. The second-order valence-electron chi connectivity index (χ2n) is 6.47. The topological polar surface area (TPSA) is 92.3 Å². The number of alkyl halides is 3. The van der Waals surface area contributed by atoms with Gasteiger partial charge in [0.25, 0.3) is 10.0 Å². The standard InChI is InChI=1S/C20H16ClF3N4O3S/c21-17-7-6-14(20(22,23)24)10-18(17)28(32(30,31)16-4-2-1-3-5-16)12-19(29)26-11-15-8-9-25-13-27-15/h1-10,13H,11-12H2,(H,26,29). The fourth-order valence-electron chi connectivity index (χ4n) is 2.70. The summed E-state index contributed by atoms with van der Waals surface area (Å²) in [5.74, 6) is -0.767. The number of halogens is 4. The molecular weight excluding hydrogens is 469 g/mol. The number of carbonyl (C=O) groups excluding carboxylic acids is 1. The van der Waals surface area contributed by atoms with Crippen LogP contribution in [-0.4, -0.2) is 30.8 Å². The molecule has 1 amide bonds. The third-order valence-electron chi connectivity index (χ3n) is 4.27. The Morgan fingerprint density at radius 1 is 1.09 bits per heavy atom. The minimum absolute atomic E-state index is 0.0309. The van der Waals surface area contributed by atoms with Crippen molar-refractivity contribution in [3.8, 4) is 0 Å². The van der Waals surface area contributed by atoms with E-state index in [0.29, 0.717) is 16.1 Å². The molecule has 0 atom stereocenters. The molecule has 3 aromatic rings. The van der Waals surface area contributed by atoms with E-state index < -0.39 is 39.9 Å². The summed E-state index contributed by atoms with van der Waals surface area (Å²) in [4.78, 5) is 20.0. The van der Waals surface area contributed by atoms with Gasteiger partial charge in [0.2, 0.25) is 5.91 Å². The average Bonchev–Trinajstić information content (AvgIpc) is 2.77. The van der Waals surface area contributed by atoms with Crippen LogP contribution in [0.15, 0.2) is 72.0 Å². The number of benzene rings is 2. The van der Waals surface area contributed by atoms with E-state index >= 15 is 0 Å². The van der Waals surface area contributed by atoms with Crippen LogP contribution in [0, 0.1) is 0 Å². The van der Waals surface area contributed by atoms with Crippen LogP contribution in [0.3, 0.4) is 0 Å². The first-order chi connectivity index (χ1) is 15.1. The number of rotatable bonds is 7. The number of sulfonamides is 1. The Bertz CT molecular complexity index is 1190. The third kappa shape index (κ3) is 5.54. The van der Waals surface area contributed by atoms with Gasteiger partial charge in [0, 0.05) is 6.20 Å². The summed E-state index contributed by atoms with van der Waals surface area (Å²) in [7, 11) is -4.42. The Kier molecular flexibility index (Phi) is 6.99. The molecule has 0 fully saturated rings. The third-order valence-corrected chi connectivity index (χ3v) is 6.36. The molecule has 7 nitrogen and oxygen atoms in total. The molecule has 1 aromatic heterocycles. The minimum atomic E-state index is -4.74. The molecule has 0 saturated carbocycles. The zero-order valence-electron chi connectivity index (χ0n) is 16.3. The molecule has 3 rings (SSSR count). The number of aromatic nitrogens is 2. The van der Waals surface area contributed by atoms with Gasteiger partial charge in [-0.15, -0.1) is 0 Å². The number of hydrogen-bond acceptors (Lipinski definition) is 5. The molecular formula is C20H16ClF3N4O3S. The molecule has 1 N–H and O–H groups in total. The predicted octanol–water partition coefficient (Wildman–Crippen LogP) is 3.66. The van der Waals surface area contributed by atoms with Crippen LogP contribution < -0.4 is 9.62 Å². The van der Waals surface area contributed by atoms with E-state index in [1.54, 1.807) is 12.1 Å². The largest absolute Gasteiger partial charge is 0.416 e. The Labute approximate surface area is 186 Å². The van der Waals surface area contributed by atoms with Crippen LogP contribution >= 0.6 is 11.6 Å². The van der Waals surface area contributed by atoms with E-state index in [1.807, 2.05) is 0 Å². The first kappa shape index (κ1) is 23.5. The van der Waals surface area contributed by atoms with Crippen LogP contribution in [0.4, 0.5) is 18.9 Å². The molecule has 0 bridgehead atoms. The smallest absolute Gasteiger partial charge is 0.349 e. The van der Waals surface area contributed by atoms with Crippen molar-refractivity contribution >= 4 is 33.2 Å². The fraction of sp³-hybridized carbons (Fsp3) is 0.150. The van der Waals surface area contributed by atoms with Crippen molar-refractivity contribution < 1.29 is 26.4 Å². The molecule has 2 aromatic carbocycles. The number of hydrogen-bond donors (Lipinski definition) is 1. The summed E-state index contributed by atoms with van der Waals surface area (Å²) in [5, 5.41) is 2.22. The van der Waals surface area contributed by atoms with Gasteiger partial charge in [-0.2, -0.15) is 13.2 Å². The summed E-state index contributed by atoms with van der Waals surface area (Å²) in [6, 6.07) is 10.8. The number of amides is 1. The molecule has 1 heterocycles. The van der Waals surface area contributed by atoms with E-state index in [1.165, 1.54) is 36.8 Å². The van der Waals surface area contributed by atoms with Gasteiger partial charge in [-0.25, -0.2) is 18.4 Å². The van der Waals surface area contributed by atoms with E-state index in [0.717, 1.165) is 12.1 Å². The first-order valence-electron chi connectivity index (χ1n) is 9.05. The van der Waals surface area contributed by atoms with E-state index in [9.17, 15) is 26.4 Å². The normalized spacial score (nSPS) is 11.8. The lowest BCUT2D eigenvalue weighted by Crippen LogP contribution is -2.41. The zero-order valence-corrected chi connectivity index (χ0v) is 17.8. The molecule has 0 aliphatic heterocycles. The molecule has 168 valence electrons. The highest BCUT2D eigenvalue weighted by atomic mass is 35.5. The lowest BCUT2D eigenvalue weighted by Gasteiger charge is -2.25. The summed E-state index contributed by atoms with van der Waals surface area (Å²) >= 11 is 6.07. The first-order valence-corrected chi connectivity index (χ1v) is 10.9. The number of anilines is 1. The fourth-order valence-corrected chi connectivity index (χ4v) is 4.42. The molecule has 0 aliphatic rings. The Morgan fingerprint density at radius 2 is 1.81 bits per heavy atom. The average molecular weight is 485 g/mol. The van der Waals surface area contributed by atoms with Gasteiger partial charge in [-0.05, 0) is 36.4 Å². The summed E-state index contributed by atoms with van der Waals surface area (Å²) < 4.78 is 66.8. The van der Waals surface area contributed by atoms with Crippen LogP contribution in [0.5, 0.6) is 0 Å². The lowest BCUT2D eigenvalue weighted by atomic mass is 10.2. The molecule has 0 radical (unpaired) electrons. The van der Waals surface area contributed by atoms with E-state index in [-0.39, 0.29) is 16.5 Å². The van der Waals surface area contributed by atoms with Crippen LogP contribution in [0.25, 0.3) is 0 Å². The maximum atomic E-state index is 13.3. The van der Waals surface area contributed by atoms with Gasteiger partial charge in [0.05, 0.1) is 33.4 Å². The monoisotopic (exact) mass is 484 g/mol. The van der Waals surface area contributed by atoms with Crippen molar-refractivity contribution in [3.05, 3.63) is 83.4 Å². The van der Waals surface area contributed by atoms with Crippen molar-refractivity contribution in [3.63, 3.8) is 0 Å². The zero-order chi connectivity index (χ0) is 23.4. The maximum Gasteiger partial charge on any atom is 0.416 e. The van der Waals surface area contributed by atoms with Gasteiger partial charge >= 0.3 is 6.18 Å². The van der Waals surface area contributed by atoms with Crippen molar-refractivity contribution in [2.24, 2.45) is 0 Å². The number of carbonyl (C=O) groups is 1. The van der Waals surface area contributed by atoms with Crippen molar-refractivity contribution in [1.82, 2.24) is 15.3 Å². The van der Waals surface area contributed by atoms with Crippen molar-refractivity contribution in [2.75, 3.05) is 10.8 Å². The van der Waals surface area contributed by atoms with Crippen LogP contribution in [0.1, 0.15) is 11.3 Å². The second kappa shape index (κ2) is 9.53. The summed E-state index contributed by atoms with van der Waals surface area (Å²) in [5.41, 5.74) is -1.11. The molecule has 0 unspecified atom stereocenters. The molecule has 0 aliphatic carbocycles. The SMILES string of the molecule is O=C(CN(c1cc(C(F)(F)F)ccc1Cl)S(=O)(=O)c1ccccc1)NCc1ccncn1. The number of nitrogens with zero attached hydrogens (tertiary/aromatic N) is 3. The molecule has 12 heteroatoms. The number of nitrogens with one attached hydrogen (secondary N) is 1. The maximum absolute atomic E-state index is 13.3. The Hall–Kier alpha value is -3.18. The Morgan fingerprint density at radius 3 is 2.44 bits per heavy atom. The minimum Gasteiger partial charge on any atom is -0.349 e. The molecule has 0 spiro atoms. The summed E-state index contributed by atoms with van der Waals surface area (Å²) in [6.45, 7) is -0.833. The highest BCUT2D eigenvalue weighted by Gasteiger charge is 2.34. The highest BCUT2D eigenvalue weighted by Crippen LogP contribution is 2.37. The second-order valence-corrected chi connectivity index (χ2v) is 8.74. The van der Waals surface area contributed by atoms with Crippen LogP contribution in [0.2, 0.25) is 5.02 Å². The highest BCUT2D eigenvalue weighted by molar-refractivity contribution is 7.92. The van der Waals surface area contributed by atoms with Gasteiger partial charge in [0.15, 0.2) is 0 Å². The van der Waals surface area contributed by atoms with E-state index in [4.69, 9.17) is 11.6 Å². The molecule has 32 heavy (non-hydrogen) atoms. The lowest BCUT2D eigenvalue weighted by molar-refractivity contribution is -0.137. The Balaban J connectivity index is 1.98. The van der Waals surface area contributed by atoms with Gasteiger partial charge in [-0.3, -0.25) is 9.10 Å². The van der Waals surface area contributed by atoms with Gasteiger partial charge < -0.3 is 5.32 Å². The van der Waals surface area contributed by atoms with Crippen molar-refractivity contribution in [1.29, 1.82) is 0 Å². The van der Waals surface area contributed by atoms with Gasteiger partial charge in [0.1, 0.15) is 12.9 Å². The quantitative estimate of drug-likeness (QED) is 0.552. The van der Waals surface area contributed by atoms with Gasteiger partial charge in [-0.1, -0.05) is 29.8 Å². The van der Waals surface area contributed by atoms with Crippen molar-refractivity contribution in [2.45, 2.75) is 17.6 Å². The predicted molar refractivity (Wildman–Crippen MR) is 111 cm³/mol. The van der Waals surface area contributed by atoms with Crippen LogP contribution in [-0.2, 0) is 27.5 Å². The van der Waals surface area contributed by atoms with E-state index in [2.05, 4.69) is 15.3 Å².